The molecule has 1 rings (SSSR count). The minimum Gasteiger partial charge on any atom is -0.462 e. The van der Waals surface area contributed by atoms with Crippen LogP contribution in [0.5, 0.6) is 0 Å². The first-order chi connectivity index (χ1) is 5.29. The summed E-state index contributed by atoms with van der Waals surface area (Å²) in [5.74, 6) is -0.251. The zero-order valence-corrected chi connectivity index (χ0v) is 8.23. The fourth-order valence-corrected chi connectivity index (χ4v) is 1.18. The molecule has 0 aromatic heterocycles. The van der Waals surface area contributed by atoms with E-state index in [1.54, 1.807) is 0 Å². The Kier molecular flexibility index (Phi) is 1.82. The van der Waals surface area contributed by atoms with Gasteiger partial charge < -0.3 is 4.74 Å². The standard InChI is InChI=1S/C10H16O2/c1-7-8(11)12-6-9(2,3)10(7,4)5/h1,6H2,2-5H3. The molecule has 0 aromatic rings. The third kappa shape index (κ3) is 1.06. The van der Waals surface area contributed by atoms with Crippen LogP contribution in [0.3, 0.4) is 0 Å². The van der Waals surface area contributed by atoms with Crippen molar-refractivity contribution in [1.82, 2.24) is 0 Å². The van der Waals surface area contributed by atoms with Crippen molar-refractivity contribution in [2.24, 2.45) is 10.8 Å². The van der Waals surface area contributed by atoms with Crippen molar-refractivity contribution >= 4 is 5.97 Å². The molecule has 0 atom stereocenters. The Morgan fingerprint density at radius 2 is 1.83 bits per heavy atom. The summed E-state index contributed by atoms with van der Waals surface area (Å²) in [6.45, 7) is 12.5. The van der Waals surface area contributed by atoms with Crippen molar-refractivity contribution in [2.75, 3.05) is 6.61 Å². The van der Waals surface area contributed by atoms with Gasteiger partial charge in [0, 0.05) is 16.4 Å². The first-order valence-corrected chi connectivity index (χ1v) is 4.15. The van der Waals surface area contributed by atoms with Crippen molar-refractivity contribution in [3.8, 4) is 0 Å². The molecule has 0 saturated carbocycles. The minimum atomic E-state index is -0.251. The van der Waals surface area contributed by atoms with Crippen LogP contribution in [-0.4, -0.2) is 12.6 Å². The molecular weight excluding hydrogens is 152 g/mol. The quantitative estimate of drug-likeness (QED) is 0.409. The molecule has 12 heavy (non-hydrogen) atoms. The van der Waals surface area contributed by atoms with E-state index in [0.717, 1.165) is 0 Å². The van der Waals surface area contributed by atoms with Gasteiger partial charge in [-0.1, -0.05) is 34.3 Å². The smallest absolute Gasteiger partial charge is 0.333 e. The number of esters is 1. The summed E-state index contributed by atoms with van der Waals surface area (Å²) < 4.78 is 5.00. The van der Waals surface area contributed by atoms with Gasteiger partial charge in [0.2, 0.25) is 0 Å². The van der Waals surface area contributed by atoms with Crippen molar-refractivity contribution in [3.05, 3.63) is 12.2 Å². The van der Waals surface area contributed by atoms with Gasteiger partial charge in [0.1, 0.15) is 0 Å². The number of carbonyl (C=O) groups excluding carboxylic acids is 1. The molecule has 0 unspecified atom stereocenters. The summed E-state index contributed by atoms with van der Waals surface area (Å²) in [5.41, 5.74) is 0.402. The Balaban J connectivity index is 3.04. The number of rotatable bonds is 0. The predicted molar refractivity (Wildman–Crippen MR) is 47.7 cm³/mol. The second kappa shape index (κ2) is 2.35. The number of ether oxygens (including phenoxy) is 1. The molecule has 0 amide bonds. The van der Waals surface area contributed by atoms with E-state index in [9.17, 15) is 4.79 Å². The fourth-order valence-electron chi connectivity index (χ4n) is 1.18. The van der Waals surface area contributed by atoms with Crippen LogP contribution in [0.1, 0.15) is 27.7 Å². The van der Waals surface area contributed by atoms with Gasteiger partial charge in [0.05, 0.1) is 6.61 Å². The number of carbonyl (C=O) groups is 1. The average Bonchev–Trinajstić information content (AvgIpc) is 1.96. The maximum absolute atomic E-state index is 11.2. The lowest BCUT2D eigenvalue weighted by molar-refractivity contribution is -0.153. The lowest BCUT2D eigenvalue weighted by Crippen LogP contribution is -2.45. The molecule has 1 aliphatic heterocycles. The van der Waals surface area contributed by atoms with Crippen LogP contribution in [0.4, 0.5) is 0 Å². The maximum Gasteiger partial charge on any atom is 0.333 e. The van der Waals surface area contributed by atoms with Crippen LogP contribution in [-0.2, 0) is 9.53 Å². The monoisotopic (exact) mass is 168 g/mol. The van der Waals surface area contributed by atoms with E-state index in [1.165, 1.54) is 0 Å². The van der Waals surface area contributed by atoms with Gasteiger partial charge in [0.15, 0.2) is 0 Å². The first kappa shape index (κ1) is 9.30. The molecular formula is C10H16O2. The lowest BCUT2D eigenvalue weighted by Gasteiger charge is -2.45. The lowest BCUT2D eigenvalue weighted by atomic mass is 9.63. The summed E-state index contributed by atoms with van der Waals surface area (Å²) in [7, 11) is 0. The summed E-state index contributed by atoms with van der Waals surface area (Å²) in [6, 6.07) is 0. The average molecular weight is 168 g/mol. The van der Waals surface area contributed by atoms with E-state index in [2.05, 4.69) is 20.4 Å². The molecule has 0 aliphatic carbocycles. The van der Waals surface area contributed by atoms with Gasteiger partial charge in [-0.3, -0.25) is 0 Å². The summed E-state index contributed by atoms with van der Waals surface area (Å²) in [6.07, 6.45) is 0. The number of hydrogen-bond acceptors (Lipinski definition) is 2. The third-order valence-electron chi connectivity index (χ3n) is 3.26. The topological polar surface area (TPSA) is 26.3 Å². The van der Waals surface area contributed by atoms with Crippen molar-refractivity contribution < 1.29 is 9.53 Å². The zero-order chi connectivity index (χ0) is 9.57. The van der Waals surface area contributed by atoms with Gasteiger partial charge in [-0.05, 0) is 0 Å². The van der Waals surface area contributed by atoms with Crippen molar-refractivity contribution in [2.45, 2.75) is 27.7 Å². The van der Waals surface area contributed by atoms with Crippen molar-refractivity contribution in [1.29, 1.82) is 0 Å². The molecule has 2 nitrogen and oxygen atoms in total. The Hall–Kier alpha value is -0.790. The highest BCUT2D eigenvalue weighted by Crippen LogP contribution is 2.47. The Labute approximate surface area is 73.6 Å². The van der Waals surface area contributed by atoms with Crippen LogP contribution < -0.4 is 0 Å². The molecule has 2 heteroatoms. The predicted octanol–water partition coefficient (Wildman–Crippen LogP) is 2.15. The maximum atomic E-state index is 11.2. The molecule has 1 saturated heterocycles. The molecule has 0 spiro atoms. The van der Waals surface area contributed by atoms with Crippen LogP contribution >= 0.6 is 0 Å². The highest BCUT2D eigenvalue weighted by molar-refractivity contribution is 5.90. The van der Waals surface area contributed by atoms with Crippen LogP contribution in [0.25, 0.3) is 0 Å². The van der Waals surface area contributed by atoms with E-state index in [4.69, 9.17) is 4.74 Å². The number of hydrogen-bond donors (Lipinski definition) is 0. The van der Waals surface area contributed by atoms with Gasteiger partial charge >= 0.3 is 5.97 Å². The summed E-state index contributed by atoms with van der Waals surface area (Å²) in [5, 5.41) is 0. The fraction of sp³-hybridized carbons (Fsp3) is 0.700. The second-order valence-electron chi connectivity index (χ2n) is 4.56. The van der Waals surface area contributed by atoms with E-state index in [1.807, 2.05) is 13.8 Å². The normalized spacial score (nSPS) is 26.7. The third-order valence-corrected chi connectivity index (χ3v) is 3.26. The molecule has 1 heterocycles. The van der Waals surface area contributed by atoms with Crippen LogP contribution in [0.15, 0.2) is 12.2 Å². The van der Waals surface area contributed by atoms with E-state index in [0.29, 0.717) is 12.2 Å². The van der Waals surface area contributed by atoms with Gasteiger partial charge in [0.25, 0.3) is 0 Å². The highest BCUT2D eigenvalue weighted by atomic mass is 16.5. The molecule has 0 bridgehead atoms. The largest absolute Gasteiger partial charge is 0.462 e. The van der Waals surface area contributed by atoms with Gasteiger partial charge in [-0.25, -0.2) is 4.79 Å². The van der Waals surface area contributed by atoms with Gasteiger partial charge in [-0.15, -0.1) is 0 Å². The van der Waals surface area contributed by atoms with Crippen molar-refractivity contribution in [3.63, 3.8) is 0 Å². The molecule has 1 aliphatic rings. The molecule has 68 valence electrons. The molecule has 1 fully saturated rings. The minimum absolute atomic E-state index is 0.0159. The van der Waals surface area contributed by atoms with E-state index < -0.39 is 0 Å². The zero-order valence-electron chi connectivity index (χ0n) is 8.23. The Bertz CT molecular complexity index is 236. The van der Waals surface area contributed by atoms with Gasteiger partial charge in [-0.2, -0.15) is 0 Å². The van der Waals surface area contributed by atoms with Crippen LogP contribution in [0, 0.1) is 10.8 Å². The molecule has 0 radical (unpaired) electrons. The Morgan fingerprint density at radius 3 is 2.25 bits per heavy atom. The second-order valence-corrected chi connectivity index (χ2v) is 4.56. The molecule has 0 N–H and O–H groups in total. The summed E-state index contributed by atoms with van der Waals surface area (Å²) >= 11 is 0. The highest BCUT2D eigenvalue weighted by Gasteiger charge is 2.46. The molecule has 0 aromatic carbocycles. The number of cyclic esters (lactones) is 1. The van der Waals surface area contributed by atoms with E-state index >= 15 is 0 Å². The summed E-state index contributed by atoms with van der Waals surface area (Å²) in [4.78, 5) is 11.2. The van der Waals surface area contributed by atoms with E-state index in [-0.39, 0.29) is 16.8 Å². The van der Waals surface area contributed by atoms with Crippen LogP contribution in [0.2, 0.25) is 0 Å². The SMILES string of the molecule is C=C1C(=O)OCC(C)(C)C1(C)C. The Morgan fingerprint density at radius 1 is 1.33 bits per heavy atom. The first-order valence-electron chi connectivity index (χ1n) is 4.15.